The highest BCUT2D eigenvalue weighted by Crippen LogP contribution is 2.40. The third-order valence-corrected chi connectivity index (χ3v) is 6.78. The minimum absolute atomic E-state index is 0.198. The maximum atomic E-state index is 13.1. The van der Waals surface area contributed by atoms with Gasteiger partial charge in [-0.3, -0.25) is 4.57 Å². The molecule has 0 amide bonds. The second kappa shape index (κ2) is 10.6. The SMILES string of the molecule is COc1ccc(C(Nc2ccn([C@@H]3CC(O)[C@H](CO)O3)c(=O)n2)(c2ccccc2)c2ccccc2)cc1. The molecular formula is C29H29N3O5. The van der Waals surface area contributed by atoms with E-state index in [1.807, 2.05) is 84.9 Å². The lowest BCUT2D eigenvalue weighted by Gasteiger charge is -2.37. The van der Waals surface area contributed by atoms with Crippen LogP contribution in [0.3, 0.4) is 0 Å². The molecule has 0 bridgehead atoms. The number of methoxy groups -OCH3 is 1. The highest BCUT2D eigenvalue weighted by atomic mass is 16.5. The average Bonchev–Trinajstić information content (AvgIpc) is 3.33. The highest BCUT2D eigenvalue weighted by molar-refractivity contribution is 5.58. The van der Waals surface area contributed by atoms with E-state index in [4.69, 9.17) is 9.47 Å². The van der Waals surface area contributed by atoms with E-state index in [0.29, 0.717) is 5.82 Å². The summed E-state index contributed by atoms with van der Waals surface area (Å²) in [4.78, 5) is 17.4. The largest absolute Gasteiger partial charge is 0.497 e. The Morgan fingerprint density at radius 3 is 2.08 bits per heavy atom. The summed E-state index contributed by atoms with van der Waals surface area (Å²) >= 11 is 0. The maximum absolute atomic E-state index is 13.1. The van der Waals surface area contributed by atoms with Crippen molar-refractivity contribution in [2.75, 3.05) is 19.0 Å². The van der Waals surface area contributed by atoms with E-state index >= 15 is 0 Å². The van der Waals surface area contributed by atoms with Crippen molar-refractivity contribution in [2.24, 2.45) is 0 Å². The standard InChI is InChI=1S/C29H29N3O5/c1-36-23-14-12-22(13-15-23)29(20-8-4-2-5-9-20,21-10-6-3-7-11-21)31-26-16-17-32(28(35)30-26)27-18-24(34)25(19-33)37-27/h2-17,24-25,27,33-34H,18-19H2,1H3,(H,30,31,35)/t24?,25-,27-/m0/s1. The Morgan fingerprint density at radius 2 is 1.57 bits per heavy atom. The fourth-order valence-electron chi connectivity index (χ4n) is 4.88. The number of anilines is 1. The number of hydrogen-bond donors (Lipinski definition) is 3. The summed E-state index contributed by atoms with van der Waals surface area (Å²) in [5.74, 6) is 1.11. The van der Waals surface area contributed by atoms with E-state index in [1.165, 1.54) is 4.57 Å². The summed E-state index contributed by atoms with van der Waals surface area (Å²) in [6, 6.07) is 29.5. The van der Waals surface area contributed by atoms with Gasteiger partial charge in [0.05, 0.1) is 19.8 Å². The zero-order valence-corrected chi connectivity index (χ0v) is 20.4. The second-order valence-electron chi connectivity index (χ2n) is 8.95. The number of aliphatic hydroxyl groups excluding tert-OH is 2. The fourth-order valence-corrected chi connectivity index (χ4v) is 4.88. The van der Waals surface area contributed by atoms with E-state index in [-0.39, 0.29) is 13.0 Å². The van der Waals surface area contributed by atoms with Crippen LogP contribution in [-0.2, 0) is 10.3 Å². The van der Waals surface area contributed by atoms with Crippen LogP contribution in [0.25, 0.3) is 0 Å². The second-order valence-corrected chi connectivity index (χ2v) is 8.95. The molecule has 0 spiro atoms. The van der Waals surface area contributed by atoms with Crippen LogP contribution in [0.15, 0.2) is 102 Å². The molecule has 3 N–H and O–H groups in total. The van der Waals surface area contributed by atoms with Crippen LogP contribution >= 0.6 is 0 Å². The number of benzene rings is 3. The van der Waals surface area contributed by atoms with Crippen LogP contribution < -0.4 is 15.7 Å². The summed E-state index contributed by atoms with van der Waals surface area (Å²) < 4.78 is 12.4. The molecule has 0 aliphatic carbocycles. The summed E-state index contributed by atoms with van der Waals surface area (Å²) in [5, 5.41) is 23.1. The van der Waals surface area contributed by atoms with Crippen molar-refractivity contribution in [1.82, 2.24) is 9.55 Å². The summed E-state index contributed by atoms with van der Waals surface area (Å²) in [7, 11) is 1.63. The van der Waals surface area contributed by atoms with Gasteiger partial charge in [0, 0.05) is 12.6 Å². The molecule has 1 saturated heterocycles. The third-order valence-electron chi connectivity index (χ3n) is 6.78. The van der Waals surface area contributed by atoms with Crippen LogP contribution in [0.2, 0.25) is 0 Å². The summed E-state index contributed by atoms with van der Waals surface area (Å²) in [6.45, 7) is -0.321. The molecule has 1 aliphatic heterocycles. The number of ether oxygens (including phenoxy) is 2. The maximum Gasteiger partial charge on any atom is 0.351 e. The first-order chi connectivity index (χ1) is 18.0. The van der Waals surface area contributed by atoms with Crippen LogP contribution in [0.4, 0.5) is 5.82 Å². The van der Waals surface area contributed by atoms with Gasteiger partial charge in [-0.1, -0.05) is 72.8 Å². The molecule has 1 unspecified atom stereocenters. The topological polar surface area (TPSA) is 106 Å². The van der Waals surface area contributed by atoms with Gasteiger partial charge in [0.25, 0.3) is 0 Å². The zero-order chi connectivity index (χ0) is 25.8. The molecule has 5 rings (SSSR count). The van der Waals surface area contributed by atoms with E-state index in [2.05, 4.69) is 10.3 Å². The molecule has 190 valence electrons. The van der Waals surface area contributed by atoms with Crippen LogP contribution in [-0.4, -0.2) is 45.7 Å². The Balaban J connectivity index is 1.61. The molecule has 4 aromatic rings. The molecule has 37 heavy (non-hydrogen) atoms. The van der Waals surface area contributed by atoms with Crippen molar-refractivity contribution in [1.29, 1.82) is 0 Å². The fraction of sp³-hybridized carbons (Fsp3) is 0.241. The minimum atomic E-state index is -0.873. The molecule has 0 saturated carbocycles. The number of rotatable bonds is 8. The van der Waals surface area contributed by atoms with Gasteiger partial charge < -0.3 is 25.0 Å². The molecular weight excluding hydrogens is 470 g/mol. The molecule has 2 heterocycles. The van der Waals surface area contributed by atoms with E-state index < -0.39 is 29.7 Å². The van der Waals surface area contributed by atoms with Gasteiger partial charge in [0.1, 0.15) is 29.4 Å². The molecule has 1 aromatic heterocycles. The van der Waals surface area contributed by atoms with Crippen molar-refractivity contribution >= 4 is 5.82 Å². The minimum Gasteiger partial charge on any atom is -0.497 e. The summed E-state index contributed by atoms with van der Waals surface area (Å²) in [5.41, 5.74) is 1.47. The van der Waals surface area contributed by atoms with Gasteiger partial charge in [0.2, 0.25) is 0 Å². The first kappa shape index (κ1) is 24.7. The lowest BCUT2D eigenvalue weighted by atomic mass is 9.77. The number of hydrogen-bond acceptors (Lipinski definition) is 7. The van der Waals surface area contributed by atoms with Crippen molar-refractivity contribution in [3.8, 4) is 5.75 Å². The predicted octanol–water partition coefficient (Wildman–Crippen LogP) is 3.30. The molecule has 1 aliphatic rings. The zero-order valence-electron chi connectivity index (χ0n) is 20.4. The number of aromatic nitrogens is 2. The van der Waals surface area contributed by atoms with Crippen LogP contribution in [0.1, 0.15) is 29.3 Å². The normalized spacial score (nSPS) is 19.5. The predicted molar refractivity (Wildman–Crippen MR) is 139 cm³/mol. The molecule has 0 radical (unpaired) electrons. The number of nitrogens with zero attached hydrogens (tertiary/aromatic N) is 2. The number of nitrogens with one attached hydrogen (secondary N) is 1. The van der Waals surface area contributed by atoms with Gasteiger partial charge >= 0.3 is 5.69 Å². The van der Waals surface area contributed by atoms with Crippen molar-refractivity contribution in [3.63, 3.8) is 0 Å². The van der Waals surface area contributed by atoms with Crippen LogP contribution in [0.5, 0.6) is 5.75 Å². The first-order valence-electron chi connectivity index (χ1n) is 12.1. The Bertz CT molecular complexity index is 1340. The van der Waals surface area contributed by atoms with E-state index in [0.717, 1.165) is 22.4 Å². The Kier molecular flexibility index (Phi) is 7.05. The summed E-state index contributed by atoms with van der Waals surface area (Å²) in [6.07, 6.45) is -0.476. The quantitative estimate of drug-likeness (QED) is 0.320. The molecule has 3 atom stereocenters. The lowest BCUT2D eigenvalue weighted by molar-refractivity contribution is -0.0458. The van der Waals surface area contributed by atoms with Gasteiger partial charge in [0.15, 0.2) is 0 Å². The molecule has 8 heteroatoms. The Labute approximate surface area is 214 Å². The third kappa shape index (κ3) is 4.74. The first-order valence-corrected chi connectivity index (χ1v) is 12.1. The molecule has 8 nitrogen and oxygen atoms in total. The lowest BCUT2D eigenvalue weighted by Crippen LogP contribution is -2.39. The van der Waals surface area contributed by atoms with Gasteiger partial charge in [-0.2, -0.15) is 4.98 Å². The Hall–Kier alpha value is -3.98. The van der Waals surface area contributed by atoms with E-state index in [9.17, 15) is 15.0 Å². The molecule has 1 fully saturated rings. The van der Waals surface area contributed by atoms with Crippen LogP contribution in [0, 0.1) is 0 Å². The van der Waals surface area contributed by atoms with Gasteiger partial charge in [-0.25, -0.2) is 4.79 Å². The Morgan fingerprint density at radius 1 is 0.973 bits per heavy atom. The number of aliphatic hydroxyl groups is 2. The molecule has 3 aromatic carbocycles. The van der Waals surface area contributed by atoms with Crippen molar-refractivity contribution < 1.29 is 19.7 Å². The average molecular weight is 500 g/mol. The van der Waals surface area contributed by atoms with E-state index in [1.54, 1.807) is 19.4 Å². The van der Waals surface area contributed by atoms with Gasteiger partial charge in [-0.05, 0) is 34.9 Å². The smallest absolute Gasteiger partial charge is 0.351 e. The van der Waals surface area contributed by atoms with Gasteiger partial charge in [-0.15, -0.1) is 0 Å². The van der Waals surface area contributed by atoms with Crippen molar-refractivity contribution in [3.05, 3.63) is 124 Å². The van der Waals surface area contributed by atoms with Crippen molar-refractivity contribution in [2.45, 2.75) is 30.4 Å². The monoisotopic (exact) mass is 499 g/mol. The highest BCUT2D eigenvalue weighted by Gasteiger charge is 2.38.